The van der Waals surface area contributed by atoms with E-state index in [9.17, 15) is 24.3 Å². The van der Waals surface area contributed by atoms with Crippen molar-refractivity contribution < 1.29 is 33.8 Å². The van der Waals surface area contributed by atoms with Crippen LogP contribution in [0.1, 0.15) is 97.8 Å². The van der Waals surface area contributed by atoms with Crippen molar-refractivity contribution >= 4 is 35.5 Å². The zero-order chi connectivity index (χ0) is 34.9. The number of alkyl carbamates (subject to hydrolysis) is 1. The molecular weight excluding hydrogens is 654 g/mol. The maximum atomic E-state index is 14.3. The highest BCUT2D eigenvalue weighted by atomic mass is 35.5. The van der Waals surface area contributed by atoms with Crippen molar-refractivity contribution in [2.75, 3.05) is 13.2 Å². The highest BCUT2D eigenvalue weighted by Gasteiger charge is 2.61. The lowest BCUT2D eigenvalue weighted by atomic mass is 9.85. The number of halogens is 1. The summed E-state index contributed by atoms with van der Waals surface area (Å²) in [5, 5.41) is 17.5. The maximum Gasteiger partial charge on any atom is 0.408 e. The molecule has 6 rings (SSSR count). The number of rotatable bonds is 7. The number of aliphatic carboxylic acids is 1. The summed E-state index contributed by atoms with van der Waals surface area (Å²) < 4.78 is 11.6. The molecule has 3 heterocycles. The first-order chi connectivity index (χ1) is 23.3. The van der Waals surface area contributed by atoms with Crippen LogP contribution in [0.5, 0.6) is 0 Å². The average Bonchev–Trinajstić information content (AvgIpc) is 3.87. The molecule has 14 nitrogen and oxygen atoms in total. The maximum absolute atomic E-state index is 14.3. The number of carbonyl (C=O) groups is 4. The van der Waals surface area contributed by atoms with Crippen molar-refractivity contribution in [2.24, 2.45) is 17.8 Å². The van der Waals surface area contributed by atoms with Crippen LogP contribution in [0.4, 0.5) is 4.79 Å². The summed E-state index contributed by atoms with van der Waals surface area (Å²) in [6, 6.07) is -2.19. The second-order valence-electron chi connectivity index (χ2n) is 15.9. The van der Waals surface area contributed by atoms with Crippen LogP contribution in [0.25, 0.3) is 0 Å². The van der Waals surface area contributed by atoms with Crippen molar-refractivity contribution in [3.05, 3.63) is 12.2 Å². The fourth-order valence-electron chi connectivity index (χ4n) is 7.64. The number of carboxylic acids is 1. The predicted molar refractivity (Wildman–Crippen MR) is 180 cm³/mol. The van der Waals surface area contributed by atoms with Gasteiger partial charge in [0.25, 0.3) is 0 Å². The van der Waals surface area contributed by atoms with Crippen LogP contribution in [0.15, 0.2) is 12.2 Å². The lowest BCUT2D eigenvalue weighted by Crippen LogP contribution is -2.56. The highest BCUT2D eigenvalue weighted by molar-refractivity contribution is 6.21. The molecule has 15 heteroatoms. The Morgan fingerprint density at radius 3 is 2.61 bits per heavy atom. The lowest BCUT2D eigenvalue weighted by Gasteiger charge is -2.35. The standard InChI is InChI=1S/C34H54ClN7O7/c1-33(2,3)49-32(47)36-25-10-8-6-4-5-7-9-22-17-34(22,31(45)46)37-29(43)26-16-23(18-41(26)30(25)44)42-39-28(38-40-42)21-13-14-27(24(35)15-21)48-19-20-11-12-20/h7,9,20-28,38-40H,4-6,8,10-19H2,1-3H3,(H,36,47)(H,37,43)(H,45,46)/b9-7-/t21?,22-,23-,24?,25+,26+,27?,28?,34-/m1/s1. The molecule has 0 spiro atoms. The Morgan fingerprint density at radius 1 is 1.10 bits per heavy atom. The summed E-state index contributed by atoms with van der Waals surface area (Å²) in [5.74, 6) is -1.39. The fourth-order valence-corrected chi connectivity index (χ4v) is 8.07. The minimum Gasteiger partial charge on any atom is -0.479 e. The van der Waals surface area contributed by atoms with Gasteiger partial charge in [0.15, 0.2) is 0 Å². The number of carbonyl (C=O) groups excluding carboxylic acids is 3. The second-order valence-corrected chi connectivity index (χ2v) is 16.4. The van der Waals surface area contributed by atoms with Gasteiger partial charge in [-0.15, -0.1) is 11.6 Å². The number of ether oxygens (including phenoxy) is 2. The number of hydrogen-bond acceptors (Lipinski definition) is 10. The molecular formula is C34H54ClN7O7. The summed E-state index contributed by atoms with van der Waals surface area (Å²) in [7, 11) is 0. The summed E-state index contributed by atoms with van der Waals surface area (Å²) in [5.41, 5.74) is 7.88. The zero-order valence-electron chi connectivity index (χ0n) is 28.9. The van der Waals surface area contributed by atoms with E-state index in [4.69, 9.17) is 21.1 Å². The number of hydrogen-bond donors (Lipinski definition) is 6. The van der Waals surface area contributed by atoms with Crippen LogP contribution in [0.2, 0.25) is 0 Å². The number of amides is 3. The van der Waals surface area contributed by atoms with Crippen LogP contribution in [0, 0.1) is 17.8 Å². The number of carboxylic acid groups (broad SMARTS) is 1. The molecule has 274 valence electrons. The summed E-state index contributed by atoms with van der Waals surface area (Å²) >= 11 is 6.79. The molecule has 0 aromatic carbocycles. The molecule has 3 aliphatic carbocycles. The van der Waals surface area contributed by atoms with Gasteiger partial charge in [-0.3, -0.25) is 9.59 Å². The van der Waals surface area contributed by atoms with Crippen molar-refractivity contribution in [3.8, 4) is 0 Å². The quantitative estimate of drug-likeness (QED) is 0.170. The summed E-state index contributed by atoms with van der Waals surface area (Å²) in [6.07, 6.45) is 12.3. The zero-order valence-corrected chi connectivity index (χ0v) is 29.7. The van der Waals surface area contributed by atoms with Gasteiger partial charge in [-0.1, -0.05) is 25.0 Å². The van der Waals surface area contributed by atoms with E-state index in [1.807, 2.05) is 12.2 Å². The first-order valence-electron chi connectivity index (χ1n) is 18.2. The van der Waals surface area contributed by atoms with Gasteiger partial charge in [-0.25, -0.2) is 20.4 Å². The highest BCUT2D eigenvalue weighted by Crippen LogP contribution is 2.45. The molecule has 0 radical (unpaired) electrons. The van der Waals surface area contributed by atoms with Crippen molar-refractivity contribution in [1.82, 2.24) is 37.0 Å². The topological polar surface area (TPSA) is 174 Å². The van der Waals surface area contributed by atoms with E-state index < -0.39 is 47.1 Å². The van der Waals surface area contributed by atoms with Gasteiger partial charge in [0, 0.05) is 19.1 Å². The van der Waals surface area contributed by atoms with Gasteiger partial charge < -0.3 is 30.1 Å². The Balaban J connectivity index is 1.16. The van der Waals surface area contributed by atoms with Crippen molar-refractivity contribution in [2.45, 2.75) is 145 Å². The number of nitrogens with zero attached hydrogens (tertiary/aromatic N) is 2. The van der Waals surface area contributed by atoms with Gasteiger partial charge in [-0.05, 0) is 96.8 Å². The smallest absolute Gasteiger partial charge is 0.408 e. The Kier molecular flexibility index (Phi) is 11.1. The van der Waals surface area contributed by atoms with E-state index in [0.29, 0.717) is 25.2 Å². The molecule has 49 heavy (non-hydrogen) atoms. The second kappa shape index (κ2) is 15.0. The number of nitrogens with one attached hydrogen (secondary N) is 5. The number of hydrazine groups is 3. The van der Waals surface area contributed by atoms with Crippen LogP contribution in [-0.2, 0) is 23.9 Å². The molecule has 0 bridgehead atoms. The Bertz CT molecular complexity index is 1280. The Labute approximate surface area is 293 Å². The lowest BCUT2D eigenvalue weighted by molar-refractivity contribution is -0.145. The molecule has 4 unspecified atom stereocenters. The molecule has 9 atom stereocenters. The molecule has 0 aromatic heterocycles. The fraction of sp³-hybridized carbons (Fsp3) is 0.824. The Morgan fingerprint density at radius 2 is 1.90 bits per heavy atom. The molecule has 3 aliphatic heterocycles. The van der Waals surface area contributed by atoms with Gasteiger partial charge >= 0.3 is 12.1 Å². The van der Waals surface area contributed by atoms with Gasteiger partial charge in [0.1, 0.15) is 23.2 Å². The van der Waals surface area contributed by atoms with Crippen molar-refractivity contribution in [1.29, 1.82) is 0 Å². The van der Waals surface area contributed by atoms with E-state index in [-0.39, 0.29) is 48.5 Å². The average molecular weight is 708 g/mol. The van der Waals surface area contributed by atoms with Crippen molar-refractivity contribution in [3.63, 3.8) is 0 Å². The van der Waals surface area contributed by atoms with Gasteiger partial charge in [-0.2, -0.15) is 10.7 Å². The van der Waals surface area contributed by atoms with E-state index in [1.165, 1.54) is 17.7 Å². The Hall–Kier alpha value is -2.49. The molecule has 6 N–H and O–H groups in total. The predicted octanol–water partition coefficient (Wildman–Crippen LogP) is 2.69. The SMILES string of the molecule is CC(C)(C)OC(=O)N[C@H]1CCCCC/C=C\[C@@H]2C[C@@]2(C(=O)O)NC(=O)[C@@H]2C[C@@H](N3NNC(C4CCC(OCC5CC5)C(Cl)C4)N3)CN2C1=O. The molecule has 3 saturated carbocycles. The van der Waals surface area contributed by atoms with E-state index in [1.54, 1.807) is 25.9 Å². The third-order valence-corrected chi connectivity index (χ3v) is 11.2. The molecule has 5 fully saturated rings. The minimum atomic E-state index is -1.40. The minimum absolute atomic E-state index is 0.0598. The van der Waals surface area contributed by atoms with Crippen LogP contribution in [-0.4, -0.2) is 99.1 Å². The molecule has 6 aliphatic rings. The normalized spacial score (nSPS) is 38.4. The van der Waals surface area contributed by atoms with Crippen LogP contribution >= 0.6 is 11.6 Å². The number of allylic oxidation sites excluding steroid dienone is 1. The third-order valence-electron chi connectivity index (χ3n) is 10.8. The first kappa shape index (κ1) is 36.3. The van der Waals surface area contributed by atoms with Gasteiger partial charge in [0.2, 0.25) is 11.8 Å². The first-order valence-corrected chi connectivity index (χ1v) is 18.6. The third kappa shape index (κ3) is 8.88. The monoisotopic (exact) mass is 707 g/mol. The van der Waals surface area contributed by atoms with E-state index in [0.717, 1.165) is 45.1 Å². The summed E-state index contributed by atoms with van der Waals surface area (Å²) in [6.45, 7) is 6.24. The molecule has 0 aromatic rings. The molecule has 2 saturated heterocycles. The van der Waals surface area contributed by atoms with Gasteiger partial charge in [0.05, 0.1) is 23.7 Å². The number of fused-ring (bicyclic) bond motifs is 2. The number of alkyl halides is 1. The summed E-state index contributed by atoms with van der Waals surface area (Å²) in [4.78, 5) is 55.1. The largest absolute Gasteiger partial charge is 0.479 e. The van der Waals surface area contributed by atoms with E-state index in [2.05, 4.69) is 27.0 Å². The van der Waals surface area contributed by atoms with Crippen LogP contribution in [0.3, 0.4) is 0 Å². The van der Waals surface area contributed by atoms with E-state index >= 15 is 0 Å². The molecule has 3 amide bonds. The van der Waals surface area contributed by atoms with Crippen LogP contribution < -0.4 is 27.0 Å².